The molecule has 1 saturated heterocycles. The van der Waals surface area contributed by atoms with Gasteiger partial charge in [-0.3, -0.25) is 0 Å². The van der Waals surface area contributed by atoms with Crippen LogP contribution >= 0.6 is 0 Å². The smallest absolute Gasteiger partial charge is 0.0674 e. The topological polar surface area (TPSA) is 9.23 Å². The first-order valence-electron chi connectivity index (χ1n) is 4.96. The van der Waals surface area contributed by atoms with Crippen molar-refractivity contribution in [1.29, 1.82) is 0 Å². The molecular weight excluding hydrogens is 148 g/mol. The highest BCUT2D eigenvalue weighted by molar-refractivity contribution is 4.89. The summed E-state index contributed by atoms with van der Waals surface area (Å²) < 4.78 is 5.86. The van der Waals surface area contributed by atoms with Crippen molar-refractivity contribution in [3.63, 3.8) is 0 Å². The third-order valence-electron chi connectivity index (χ3n) is 2.75. The van der Waals surface area contributed by atoms with Gasteiger partial charge in [-0.1, -0.05) is 34.6 Å². The normalized spacial score (nSPS) is 30.2. The predicted molar refractivity (Wildman–Crippen MR) is 52.2 cm³/mol. The maximum atomic E-state index is 5.86. The summed E-state index contributed by atoms with van der Waals surface area (Å²) in [6.07, 6.45) is 2.94. The molecule has 0 saturated carbocycles. The van der Waals surface area contributed by atoms with E-state index < -0.39 is 0 Å². The monoisotopic (exact) mass is 170 g/mol. The molecule has 0 aromatic heterocycles. The SMILES string of the molecule is CC(C)(C)[C@H]1OCCCC1(C)C. The zero-order valence-electron chi connectivity index (χ0n) is 9.11. The van der Waals surface area contributed by atoms with Crippen LogP contribution < -0.4 is 0 Å². The Kier molecular flexibility index (Phi) is 2.53. The fourth-order valence-corrected chi connectivity index (χ4v) is 2.51. The molecule has 1 heteroatoms. The second-order valence-corrected chi connectivity index (χ2v) is 5.71. The van der Waals surface area contributed by atoms with Gasteiger partial charge in [0.1, 0.15) is 0 Å². The van der Waals surface area contributed by atoms with E-state index in [9.17, 15) is 0 Å². The van der Waals surface area contributed by atoms with Crippen LogP contribution in [-0.2, 0) is 4.74 Å². The van der Waals surface area contributed by atoms with E-state index in [0.29, 0.717) is 11.5 Å². The molecule has 0 radical (unpaired) electrons. The average Bonchev–Trinajstić information content (AvgIpc) is 1.83. The van der Waals surface area contributed by atoms with Gasteiger partial charge >= 0.3 is 0 Å². The number of hydrogen-bond acceptors (Lipinski definition) is 1. The van der Waals surface area contributed by atoms with Gasteiger partial charge in [0.25, 0.3) is 0 Å². The Labute approximate surface area is 76.5 Å². The number of ether oxygens (including phenoxy) is 1. The lowest BCUT2D eigenvalue weighted by Gasteiger charge is -2.45. The van der Waals surface area contributed by atoms with Gasteiger partial charge in [0.05, 0.1) is 6.10 Å². The minimum absolute atomic E-state index is 0.282. The van der Waals surface area contributed by atoms with Crippen LogP contribution in [0.25, 0.3) is 0 Å². The Morgan fingerprint density at radius 3 is 2.17 bits per heavy atom. The van der Waals surface area contributed by atoms with Crippen LogP contribution in [0.3, 0.4) is 0 Å². The summed E-state index contributed by atoms with van der Waals surface area (Å²) in [7, 11) is 0. The summed E-state index contributed by atoms with van der Waals surface area (Å²) in [6, 6.07) is 0. The van der Waals surface area contributed by atoms with E-state index >= 15 is 0 Å². The first-order chi connectivity index (χ1) is 5.34. The molecule has 12 heavy (non-hydrogen) atoms. The van der Waals surface area contributed by atoms with Gasteiger partial charge in [-0.15, -0.1) is 0 Å². The van der Waals surface area contributed by atoms with Gasteiger partial charge in [-0.2, -0.15) is 0 Å². The summed E-state index contributed by atoms with van der Waals surface area (Å²) in [4.78, 5) is 0. The standard InChI is InChI=1S/C11H22O/c1-10(2,3)9-11(4,5)7-6-8-12-9/h9H,6-8H2,1-5H3/t9-/m1/s1. The van der Waals surface area contributed by atoms with Crippen molar-refractivity contribution < 1.29 is 4.74 Å². The summed E-state index contributed by atoms with van der Waals surface area (Å²) in [5, 5.41) is 0. The molecule has 1 heterocycles. The lowest BCUT2D eigenvalue weighted by atomic mass is 9.69. The van der Waals surface area contributed by atoms with E-state index in [1.165, 1.54) is 12.8 Å². The van der Waals surface area contributed by atoms with Crippen LogP contribution in [0.1, 0.15) is 47.5 Å². The molecule has 0 spiro atoms. The van der Waals surface area contributed by atoms with Crippen molar-refractivity contribution >= 4 is 0 Å². The molecule has 0 aliphatic carbocycles. The molecule has 0 bridgehead atoms. The molecule has 1 aliphatic heterocycles. The van der Waals surface area contributed by atoms with Crippen LogP contribution in [-0.4, -0.2) is 12.7 Å². The van der Waals surface area contributed by atoms with E-state index in [2.05, 4.69) is 34.6 Å². The van der Waals surface area contributed by atoms with Gasteiger partial charge in [-0.25, -0.2) is 0 Å². The summed E-state index contributed by atoms with van der Waals surface area (Å²) in [5.41, 5.74) is 0.639. The maximum Gasteiger partial charge on any atom is 0.0674 e. The van der Waals surface area contributed by atoms with Gasteiger partial charge < -0.3 is 4.74 Å². The Balaban J connectivity index is 2.73. The maximum absolute atomic E-state index is 5.86. The molecule has 0 N–H and O–H groups in total. The van der Waals surface area contributed by atoms with Gasteiger partial charge in [0, 0.05) is 6.61 Å². The minimum Gasteiger partial charge on any atom is -0.377 e. The first kappa shape index (κ1) is 10.0. The zero-order valence-corrected chi connectivity index (χ0v) is 9.11. The highest BCUT2D eigenvalue weighted by atomic mass is 16.5. The Bertz CT molecular complexity index is 153. The number of hydrogen-bond donors (Lipinski definition) is 0. The van der Waals surface area contributed by atoms with E-state index in [1.807, 2.05) is 0 Å². The van der Waals surface area contributed by atoms with Crippen molar-refractivity contribution in [2.75, 3.05) is 6.61 Å². The number of rotatable bonds is 0. The van der Waals surface area contributed by atoms with Crippen LogP contribution in [0.4, 0.5) is 0 Å². The van der Waals surface area contributed by atoms with E-state index in [1.54, 1.807) is 0 Å². The van der Waals surface area contributed by atoms with Crippen LogP contribution in [0, 0.1) is 10.8 Å². The van der Waals surface area contributed by atoms with Crippen LogP contribution in [0.2, 0.25) is 0 Å². The lowest BCUT2D eigenvalue weighted by Crippen LogP contribution is -2.45. The lowest BCUT2D eigenvalue weighted by molar-refractivity contribution is -0.121. The molecule has 1 aliphatic rings. The molecule has 72 valence electrons. The van der Waals surface area contributed by atoms with Crippen LogP contribution in [0.5, 0.6) is 0 Å². The van der Waals surface area contributed by atoms with E-state index in [-0.39, 0.29) is 5.41 Å². The van der Waals surface area contributed by atoms with Crippen molar-refractivity contribution in [3.05, 3.63) is 0 Å². The Morgan fingerprint density at radius 2 is 1.83 bits per heavy atom. The Hall–Kier alpha value is -0.0400. The Morgan fingerprint density at radius 1 is 1.25 bits per heavy atom. The molecular formula is C11H22O. The second kappa shape index (κ2) is 3.02. The molecule has 1 fully saturated rings. The third kappa shape index (κ3) is 2.01. The first-order valence-corrected chi connectivity index (χ1v) is 4.96. The van der Waals surface area contributed by atoms with E-state index in [0.717, 1.165) is 6.61 Å². The summed E-state index contributed by atoms with van der Waals surface area (Å²) in [5.74, 6) is 0. The highest BCUT2D eigenvalue weighted by Crippen LogP contribution is 2.42. The van der Waals surface area contributed by atoms with Crippen molar-refractivity contribution in [1.82, 2.24) is 0 Å². The second-order valence-electron chi connectivity index (χ2n) is 5.71. The van der Waals surface area contributed by atoms with E-state index in [4.69, 9.17) is 4.74 Å². The van der Waals surface area contributed by atoms with Crippen molar-refractivity contribution in [2.24, 2.45) is 10.8 Å². The van der Waals surface area contributed by atoms with Crippen LogP contribution in [0.15, 0.2) is 0 Å². The molecule has 0 aromatic rings. The van der Waals surface area contributed by atoms with Gasteiger partial charge in [0.15, 0.2) is 0 Å². The summed E-state index contributed by atoms with van der Waals surface area (Å²) >= 11 is 0. The fourth-order valence-electron chi connectivity index (χ4n) is 2.51. The molecule has 0 amide bonds. The van der Waals surface area contributed by atoms with Gasteiger partial charge in [0.2, 0.25) is 0 Å². The van der Waals surface area contributed by atoms with Crippen molar-refractivity contribution in [2.45, 2.75) is 53.6 Å². The molecule has 0 aromatic carbocycles. The largest absolute Gasteiger partial charge is 0.377 e. The molecule has 0 unspecified atom stereocenters. The summed E-state index contributed by atoms with van der Waals surface area (Å²) in [6.45, 7) is 12.4. The fraction of sp³-hybridized carbons (Fsp3) is 1.00. The van der Waals surface area contributed by atoms with Crippen molar-refractivity contribution in [3.8, 4) is 0 Å². The predicted octanol–water partition coefficient (Wildman–Crippen LogP) is 3.24. The molecule has 1 atom stereocenters. The third-order valence-corrected chi connectivity index (χ3v) is 2.75. The highest BCUT2D eigenvalue weighted by Gasteiger charge is 2.40. The zero-order chi connectivity index (χ0) is 9.41. The quantitative estimate of drug-likeness (QED) is 0.542. The molecule has 1 nitrogen and oxygen atoms in total. The van der Waals surface area contributed by atoms with Gasteiger partial charge in [-0.05, 0) is 23.7 Å². The minimum atomic E-state index is 0.282. The molecule has 1 rings (SSSR count). The average molecular weight is 170 g/mol.